The van der Waals surface area contributed by atoms with E-state index in [4.69, 9.17) is 4.74 Å². The van der Waals surface area contributed by atoms with Crippen LogP contribution in [0, 0.1) is 0 Å². The molecule has 0 spiro atoms. The van der Waals surface area contributed by atoms with Gasteiger partial charge >= 0.3 is 5.97 Å². The summed E-state index contributed by atoms with van der Waals surface area (Å²) >= 11 is 0. The van der Waals surface area contributed by atoms with Gasteiger partial charge in [-0.05, 0) is 18.6 Å². The van der Waals surface area contributed by atoms with E-state index in [1.54, 1.807) is 0 Å². The number of allylic oxidation sites excluding steroid dienone is 1. The Kier molecular flexibility index (Phi) is 3.94. The monoisotopic (exact) mass is 231 g/mol. The van der Waals surface area contributed by atoms with E-state index in [0.29, 0.717) is 6.54 Å². The van der Waals surface area contributed by atoms with Crippen LogP contribution in [0.15, 0.2) is 42.5 Å². The summed E-state index contributed by atoms with van der Waals surface area (Å²) in [6, 6.07) is 10.2. The first kappa shape index (κ1) is 11.9. The Morgan fingerprint density at radius 1 is 1.41 bits per heavy atom. The lowest BCUT2D eigenvalue weighted by Crippen LogP contribution is -2.44. The summed E-state index contributed by atoms with van der Waals surface area (Å²) in [5, 5.41) is 0. The molecule has 90 valence electrons. The van der Waals surface area contributed by atoms with Crippen molar-refractivity contribution in [3.63, 3.8) is 0 Å². The van der Waals surface area contributed by atoms with Gasteiger partial charge in [0.15, 0.2) is 0 Å². The number of hydrogen-bond donors (Lipinski definition) is 0. The number of nitrogens with zero attached hydrogens (tertiary/aromatic N) is 1. The molecule has 1 heterocycles. The van der Waals surface area contributed by atoms with E-state index in [-0.39, 0.29) is 12.1 Å². The topological polar surface area (TPSA) is 29.5 Å². The molecule has 17 heavy (non-hydrogen) atoms. The molecule has 3 heteroatoms. The average Bonchev–Trinajstić information content (AvgIpc) is 2.30. The summed E-state index contributed by atoms with van der Waals surface area (Å²) < 4.78 is 5.23. The Labute approximate surface area is 102 Å². The Bertz CT molecular complexity index is 400. The van der Waals surface area contributed by atoms with Crippen molar-refractivity contribution in [1.29, 1.82) is 0 Å². The molecule has 0 bridgehead atoms. The second-order valence-electron chi connectivity index (χ2n) is 4.21. The molecule has 1 fully saturated rings. The maximum absolute atomic E-state index is 11.5. The summed E-state index contributed by atoms with van der Waals surface area (Å²) in [4.78, 5) is 13.6. The maximum atomic E-state index is 11.5. The number of ether oxygens (including phenoxy) is 1. The number of cyclic esters (lactones) is 1. The Hall–Kier alpha value is -1.61. The van der Waals surface area contributed by atoms with Crippen LogP contribution >= 0.6 is 0 Å². The van der Waals surface area contributed by atoms with Gasteiger partial charge in [0.2, 0.25) is 0 Å². The minimum atomic E-state index is -0.143. The molecular weight excluding hydrogens is 214 g/mol. The highest BCUT2D eigenvalue weighted by Gasteiger charge is 2.24. The van der Waals surface area contributed by atoms with Gasteiger partial charge in [-0.3, -0.25) is 9.69 Å². The predicted octanol–water partition coefficient (Wildman–Crippen LogP) is 1.99. The number of morpholine rings is 1. The van der Waals surface area contributed by atoms with Crippen LogP contribution in [0.5, 0.6) is 0 Å². The van der Waals surface area contributed by atoms with Gasteiger partial charge in [-0.2, -0.15) is 0 Å². The number of carbonyl (C=O) groups is 1. The van der Waals surface area contributed by atoms with Gasteiger partial charge in [0.25, 0.3) is 0 Å². The Balaban J connectivity index is 1.99. The summed E-state index contributed by atoms with van der Waals surface area (Å²) in [6.07, 6.45) is 3.74. The van der Waals surface area contributed by atoms with E-state index < -0.39 is 0 Å². The van der Waals surface area contributed by atoms with Crippen LogP contribution in [0.25, 0.3) is 0 Å². The predicted molar refractivity (Wildman–Crippen MR) is 66.4 cm³/mol. The van der Waals surface area contributed by atoms with Crippen molar-refractivity contribution in [3.8, 4) is 0 Å². The van der Waals surface area contributed by atoms with E-state index in [0.717, 1.165) is 13.1 Å². The molecule has 1 aliphatic rings. The van der Waals surface area contributed by atoms with Crippen molar-refractivity contribution < 1.29 is 9.53 Å². The van der Waals surface area contributed by atoms with Crippen LogP contribution in [0.1, 0.15) is 12.5 Å². The highest BCUT2D eigenvalue weighted by Crippen LogP contribution is 2.11. The molecule has 1 atom stereocenters. The van der Waals surface area contributed by atoms with Gasteiger partial charge in [-0.15, -0.1) is 0 Å². The quantitative estimate of drug-likeness (QED) is 0.588. The molecule has 0 radical (unpaired) electrons. The van der Waals surface area contributed by atoms with Gasteiger partial charge < -0.3 is 4.74 Å². The minimum Gasteiger partial charge on any atom is -0.456 e. The molecule has 0 aromatic heterocycles. The molecule has 1 aliphatic heterocycles. The first-order valence-corrected chi connectivity index (χ1v) is 5.86. The fraction of sp³-hybridized carbons (Fsp3) is 0.357. The third-order valence-corrected chi connectivity index (χ3v) is 2.73. The van der Waals surface area contributed by atoms with Crippen LogP contribution < -0.4 is 0 Å². The van der Waals surface area contributed by atoms with Gasteiger partial charge in [-0.1, -0.05) is 36.4 Å². The van der Waals surface area contributed by atoms with Gasteiger partial charge in [0, 0.05) is 13.1 Å². The van der Waals surface area contributed by atoms with E-state index in [1.807, 2.05) is 37.3 Å². The highest BCUT2D eigenvalue weighted by atomic mass is 16.5. The number of esters is 1. The lowest BCUT2D eigenvalue weighted by atomic mass is 10.2. The van der Waals surface area contributed by atoms with Crippen molar-refractivity contribution in [2.24, 2.45) is 0 Å². The zero-order valence-corrected chi connectivity index (χ0v) is 10.0. The largest absolute Gasteiger partial charge is 0.456 e. The molecule has 1 saturated heterocycles. The smallest absolute Gasteiger partial charge is 0.320 e. The normalized spacial score (nSPS) is 21.7. The number of rotatable bonds is 3. The summed E-state index contributed by atoms with van der Waals surface area (Å²) in [5.74, 6) is -0.143. The van der Waals surface area contributed by atoms with Gasteiger partial charge in [0.05, 0.1) is 6.54 Å². The molecule has 0 saturated carbocycles. The molecule has 1 aromatic carbocycles. The van der Waals surface area contributed by atoms with Crippen molar-refractivity contribution in [2.45, 2.75) is 19.6 Å². The fourth-order valence-electron chi connectivity index (χ4n) is 2.02. The molecule has 1 aromatic rings. The van der Waals surface area contributed by atoms with E-state index >= 15 is 0 Å². The third-order valence-electron chi connectivity index (χ3n) is 2.73. The first-order valence-electron chi connectivity index (χ1n) is 5.86. The van der Waals surface area contributed by atoms with Crippen molar-refractivity contribution in [3.05, 3.63) is 48.0 Å². The van der Waals surface area contributed by atoms with Crippen LogP contribution in [-0.4, -0.2) is 30.1 Å². The van der Waals surface area contributed by atoms with Crippen molar-refractivity contribution in [2.75, 3.05) is 13.1 Å². The number of benzene rings is 1. The second kappa shape index (κ2) is 5.64. The highest BCUT2D eigenvalue weighted by molar-refractivity contribution is 5.72. The van der Waals surface area contributed by atoms with Crippen LogP contribution in [0.3, 0.4) is 0 Å². The van der Waals surface area contributed by atoms with E-state index in [2.05, 4.69) is 17.0 Å². The minimum absolute atomic E-state index is 0.107. The lowest BCUT2D eigenvalue weighted by molar-refractivity contribution is -0.155. The average molecular weight is 231 g/mol. The second-order valence-corrected chi connectivity index (χ2v) is 4.21. The van der Waals surface area contributed by atoms with E-state index in [1.165, 1.54) is 5.56 Å². The molecule has 0 N–H and O–H groups in total. The lowest BCUT2D eigenvalue weighted by Gasteiger charge is -2.30. The SMILES string of the molecule is C/C=C/C1CN(Cc2ccccc2)CC(=O)O1. The van der Waals surface area contributed by atoms with Gasteiger partial charge in [0.1, 0.15) is 6.10 Å². The van der Waals surface area contributed by atoms with Crippen LogP contribution in [0.2, 0.25) is 0 Å². The first-order chi connectivity index (χ1) is 8.28. The standard InChI is InChI=1S/C14H17NO2/c1-2-6-13-10-15(11-14(16)17-13)9-12-7-4-3-5-8-12/h2-8,13H,9-11H2,1H3/b6-2+. The summed E-state index contributed by atoms with van der Waals surface area (Å²) in [5.41, 5.74) is 1.22. The van der Waals surface area contributed by atoms with Gasteiger partial charge in [-0.25, -0.2) is 0 Å². The third kappa shape index (κ3) is 3.43. The van der Waals surface area contributed by atoms with Crippen LogP contribution in [-0.2, 0) is 16.1 Å². The fourth-order valence-corrected chi connectivity index (χ4v) is 2.02. The molecule has 0 aliphatic carbocycles. The molecule has 0 amide bonds. The van der Waals surface area contributed by atoms with Crippen molar-refractivity contribution >= 4 is 5.97 Å². The molecule has 2 rings (SSSR count). The maximum Gasteiger partial charge on any atom is 0.320 e. The van der Waals surface area contributed by atoms with E-state index in [9.17, 15) is 4.79 Å². The Morgan fingerprint density at radius 3 is 2.88 bits per heavy atom. The number of hydrogen-bond acceptors (Lipinski definition) is 3. The Morgan fingerprint density at radius 2 is 2.18 bits per heavy atom. The summed E-state index contributed by atoms with van der Waals surface area (Å²) in [6.45, 7) is 3.88. The van der Waals surface area contributed by atoms with Crippen LogP contribution in [0.4, 0.5) is 0 Å². The van der Waals surface area contributed by atoms with Crippen molar-refractivity contribution in [1.82, 2.24) is 4.90 Å². The molecule has 3 nitrogen and oxygen atoms in total. The number of carbonyl (C=O) groups excluding carboxylic acids is 1. The molecule has 1 unspecified atom stereocenters. The zero-order valence-electron chi connectivity index (χ0n) is 10.0. The molecular formula is C14H17NO2. The summed E-state index contributed by atoms with van der Waals surface area (Å²) in [7, 11) is 0. The zero-order chi connectivity index (χ0) is 12.1.